The first kappa shape index (κ1) is 27.9. The van der Waals surface area contributed by atoms with Crippen molar-refractivity contribution >= 4 is 49.0 Å². The Bertz CT molecular complexity index is 1610. The topological polar surface area (TPSA) is 164 Å². The Labute approximate surface area is 237 Å². The van der Waals surface area contributed by atoms with Gasteiger partial charge in [-0.3, -0.25) is 10.2 Å². The van der Waals surface area contributed by atoms with Gasteiger partial charge in [0.2, 0.25) is 15.9 Å². The van der Waals surface area contributed by atoms with Crippen LogP contribution in [0.25, 0.3) is 10.2 Å². The summed E-state index contributed by atoms with van der Waals surface area (Å²) in [6.07, 6.45) is 3.36. The number of thiazole rings is 1. The van der Waals surface area contributed by atoms with Crippen molar-refractivity contribution in [1.82, 2.24) is 9.71 Å². The minimum absolute atomic E-state index is 0.0413. The van der Waals surface area contributed by atoms with Gasteiger partial charge in [0.15, 0.2) is 0 Å². The van der Waals surface area contributed by atoms with Crippen LogP contribution in [0.3, 0.4) is 0 Å². The number of para-hydroxylation sites is 1. The third kappa shape index (κ3) is 6.56. The molecule has 0 bridgehead atoms. The van der Waals surface area contributed by atoms with Crippen molar-refractivity contribution in [2.24, 2.45) is 17.4 Å². The van der Waals surface area contributed by atoms with E-state index in [2.05, 4.69) is 10.0 Å². The number of amidine groups is 1. The molecule has 5 rings (SSSR count). The number of nitrogens with two attached hydrogens (primary N) is 2. The first-order valence-corrected chi connectivity index (χ1v) is 15.5. The van der Waals surface area contributed by atoms with Gasteiger partial charge in [0.1, 0.15) is 10.8 Å². The average Bonchev–Trinajstić information content (AvgIpc) is 3.38. The number of aromatic nitrogens is 1. The maximum absolute atomic E-state index is 13.7. The Morgan fingerprint density at radius 3 is 2.52 bits per heavy atom. The largest absolute Gasteiger partial charge is 0.384 e. The molecule has 0 saturated heterocycles. The first-order valence-electron chi connectivity index (χ1n) is 13.2. The molecule has 1 aromatic heterocycles. The van der Waals surface area contributed by atoms with Crippen LogP contribution >= 0.6 is 11.3 Å². The molecule has 0 radical (unpaired) electrons. The molecule has 1 fully saturated rings. The van der Waals surface area contributed by atoms with Crippen LogP contribution in [0, 0.1) is 11.3 Å². The number of amides is 1. The molecule has 7 N–H and O–H groups in total. The van der Waals surface area contributed by atoms with Crippen molar-refractivity contribution in [1.29, 1.82) is 5.41 Å². The summed E-state index contributed by atoms with van der Waals surface area (Å²) < 4.78 is 31.1. The highest BCUT2D eigenvalue weighted by Crippen LogP contribution is 2.30. The van der Waals surface area contributed by atoms with Crippen LogP contribution in [-0.2, 0) is 21.2 Å². The van der Waals surface area contributed by atoms with Crippen LogP contribution < -0.4 is 21.5 Å². The lowest BCUT2D eigenvalue weighted by Gasteiger charge is -2.25. The zero-order valence-electron chi connectivity index (χ0n) is 21.8. The van der Waals surface area contributed by atoms with E-state index in [0.29, 0.717) is 22.7 Å². The van der Waals surface area contributed by atoms with Crippen LogP contribution in [0.1, 0.15) is 47.9 Å². The fraction of sp³-hybridized carbons (Fsp3) is 0.276. The van der Waals surface area contributed by atoms with Crippen LogP contribution in [-0.4, -0.2) is 31.2 Å². The summed E-state index contributed by atoms with van der Waals surface area (Å²) in [6, 6.07) is 20.6. The fourth-order valence-electron chi connectivity index (χ4n) is 4.94. The maximum atomic E-state index is 13.7. The van der Waals surface area contributed by atoms with Gasteiger partial charge >= 0.3 is 0 Å². The zero-order chi connectivity index (χ0) is 28.3. The number of rotatable bonds is 9. The first-order chi connectivity index (χ1) is 19.2. The predicted molar refractivity (Wildman–Crippen MR) is 159 cm³/mol. The summed E-state index contributed by atoms with van der Waals surface area (Å²) in [7, 11) is -4.00. The Morgan fingerprint density at radius 2 is 1.77 bits per heavy atom. The van der Waals surface area contributed by atoms with Crippen molar-refractivity contribution in [3.8, 4) is 0 Å². The second-order valence-electron chi connectivity index (χ2n) is 10.1. The van der Waals surface area contributed by atoms with E-state index in [0.717, 1.165) is 41.5 Å². The molecule has 1 heterocycles. The van der Waals surface area contributed by atoms with Gasteiger partial charge in [-0.2, -0.15) is 0 Å². The van der Waals surface area contributed by atoms with E-state index in [4.69, 9.17) is 21.9 Å². The number of nitrogens with one attached hydrogen (secondary N) is 3. The minimum atomic E-state index is -4.00. The number of carbonyl (C=O) groups excluding carboxylic acids is 1. The fourth-order valence-corrected chi connectivity index (χ4v) is 7.28. The highest BCUT2D eigenvalue weighted by Gasteiger charge is 2.27. The molecule has 3 aromatic carbocycles. The van der Waals surface area contributed by atoms with Crippen molar-refractivity contribution in [3.63, 3.8) is 0 Å². The van der Waals surface area contributed by atoms with Crippen molar-refractivity contribution in [3.05, 3.63) is 88.9 Å². The quantitative estimate of drug-likeness (QED) is 0.147. The Hall–Kier alpha value is -3.64. The zero-order valence-corrected chi connectivity index (χ0v) is 23.5. The lowest BCUT2D eigenvalue weighted by Crippen LogP contribution is -2.32. The molecule has 1 amide bonds. The molecule has 9 nitrogen and oxygen atoms in total. The van der Waals surface area contributed by atoms with Gasteiger partial charge < -0.3 is 16.8 Å². The SMILES string of the molecule is N=C(N)c1cccc(CC(NS(=O)(=O)c2cccc(NC(=O)[C@H]3CC[C@@H](N)CC3)c2)c2nc3ccccc3s2)c1. The van der Waals surface area contributed by atoms with Gasteiger partial charge in [-0.1, -0.05) is 36.4 Å². The summed E-state index contributed by atoms with van der Waals surface area (Å²) in [5.74, 6) is -0.312. The van der Waals surface area contributed by atoms with Gasteiger partial charge in [-0.25, -0.2) is 18.1 Å². The lowest BCUT2D eigenvalue weighted by atomic mass is 9.86. The maximum Gasteiger partial charge on any atom is 0.241 e. The summed E-state index contributed by atoms with van der Waals surface area (Å²) in [5.41, 5.74) is 14.2. The molecular formula is C29H32N6O3S2. The van der Waals surface area contributed by atoms with Crippen LogP contribution in [0.15, 0.2) is 77.7 Å². The van der Waals surface area contributed by atoms with E-state index in [1.54, 1.807) is 30.3 Å². The van der Waals surface area contributed by atoms with E-state index < -0.39 is 16.1 Å². The molecule has 11 heteroatoms. The number of hydrogen-bond acceptors (Lipinski definition) is 7. The van der Waals surface area contributed by atoms with E-state index in [1.807, 2.05) is 30.3 Å². The summed E-state index contributed by atoms with van der Waals surface area (Å²) in [5, 5.41) is 11.3. The Morgan fingerprint density at radius 1 is 1.02 bits per heavy atom. The molecule has 1 atom stereocenters. The van der Waals surface area contributed by atoms with Crippen molar-refractivity contribution < 1.29 is 13.2 Å². The van der Waals surface area contributed by atoms with Crippen molar-refractivity contribution in [2.75, 3.05) is 5.32 Å². The molecule has 4 aromatic rings. The molecule has 1 saturated carbocycles. The number of sulfonamides is 1. The number of carbonyl (C=O) groups is 1. The number of nitrogen functional groups attached to an aromatic ring is 1. The smallest absolute Gasteiger partial charge is 0.241 e. The van der Waals surface area contributed by atoms with Crippen LogP contribution in [0.5, 0.6) is 0 Å². The van der Waals surface area contributed by atoms with E-state index in [-0.39, 0.29) is 28.6 Å². The number of hydrogen-bond donors (Lipinski definition) is 5. The van der Waals surface area contributed by atoms with E-state index in [1.165, 1.54) is 23.5 Å². The van der Waals surface area contributed by atoms with Crippen LogP contribution in [0.4, 0.5) is 5.69 Å². The van der Waals surface area contributed by atoms with Gasteiger partial charge in [0.05, 0.1) is 21.2 Å². The van der Waals surface area contributed by atoms with Gasteiger partial charge in [0.25, 0.3) is 0 Å². The number of anilines is 1. The standard InChI is InChI=1S/C29H32N6O3S2/c30-21-13-11-19(12-14-21)28(36)33-22-7-4-8-23(17-22)40(37,38)35-25(16-18-5-3-6-20(15-18)27(31)32)29-34-24-9-1-2-10-26(24)39-29/h1-10,15,17,19,21,25,35H,11-14,16,30H2,(H3,31,32)(H,33,36)/t19-,21+,25?. The summed E-state index contributed by atoms with van der Waals surface area (Å²) >= 11 is 1.43. The molecule has 1 aliphatic carbocycles. The molecule has 1 unspecified atom stereocenters. The average molecular weight is 577 g/mol. The second-order valence-corrected chi connectivity index (χ2v) is 12.9. The van der Waals surface area contributed by atoms with E-state index >= 15 is 0 Å². The monoisotopic (exact) mass is 576 g/mol. The molecule has 0 aliphatic heterocycles. The van der Waals surface area contributed by atoms with Gasteiger partial charge in [-0.15, -0.1) is 11.3 Å². The number of benzene rings is 3. The van der Waals surface area contributed by atoms with Gasteiger partial charge in [0, 0.05) is 23.2 Å². The highest BCUT2D eigenvalue weighted by atomic mass is 32.2. The van der Waals surface area contributed by atoms with Crippen molar-refractivity contribution in [2.45, 2.75) is 49.1 Å². The molecule has 208 valence electrons. The summed E-state index contributed by atoms with van der Waals surface area (Å²) in [6.45, 7) is 0. The minimum Gasteiger partial charge on any atom is -0.384 e. The summed E-state index contributed by atoms with van der Waals surface area (Å²) in [4.78, 5) is 17.6. The van der Waals surface area contributed by atoms with Gasteiger partial charge in [-0.05, 0) is 74.1 Å². The third-order valence-corrected chi connectivity index (χ3v) is 9.76. The molecule has 40 heavy (non-hydrogen) atoms. The van der Waals surface area contributed by atoms with Crippen LogP contribution in [0.2, 0.25) is 0 Å². The van der Waals surface area contributed by atoms with E-state index in [9.17, 15) is 13.2 Å². The normalized spacial score (nSPS) is 18.3. The lowest BCUT2D eigenvalue weighted by molar-refractivity contribution is -0.120. The number of fused-ring (bicyclic) bond motifs is 1. The highest BCUT2D eigenvalue weighted by molar-refractivity contribution is 7.89. The molecule has 1 aliphatic rings. The predicted octanol–water partition coefficient (Wildman–Crippen LogP) is 4.30. The molecular weight excluding hydrogens is 544 g/mol. The molecule has 0 spiro atoms. The third-order valence-electron chi connectivity index (χ3n) is 7.14. The second kappa shape index (κ2) is 11.8. The Balaban J connectivity index is 1.40. The Kier molecular flexibility index (Phi) is 8.27. The number of nitrogens with zero attached hydrogens (tertiary/aromatic N) is 1.